The maximum atomic E-state index is 12.5. The summed E-state index contributed by atoms with van der Waals surface area (Å²) in [5, 5.41) is 8.75. The third-order valence-electron chi connectivity index (χ3n) is 3.69. The molecule has 120 valence electrons. The van der Waals surface area contributed by atoms with Crippen LogP contribution in [0.15, 0.2) is 24.3 Å². The number of urea groups is 1. The lowest BCUT2D eigenvalue weighted by Crippen LogP contribution is -2.38. The van der Waals surface area contributed by atoms with Gasteiger partial charge in [0.05, 0.1) is 0 Å². The molecular formula is C16H24N4O2. The number of carbonyl (C=O) groups excluding carboxylic acids is 2. The van der Waals surface area contributed by atoms with Crippen molar-refractivity contribution in [1.29, 1.82) is 0 Å². The van der Waals surface area contributed by atoms with Crippen LogP contribution in [0.4, 0.5) is 10.5 Å². The Morgan fingerprint density at radius 2 is 2.14 bits per heavy atom. The molecule has 6 heteroatoms. The first-order valence-corrected chi connectivity index (χ1v) is 7.63. The normalized spacial score (nSPS) is 17.4. The molecule has 1 atom stereocenters. The zero-order valence-corrected chi connectivity index (χ0v) is 13.3. The van der Waals surface area contributed by atoms with Crippen LogP contribution in [0.2, 0.25) is 0 Å². The Morgan fingerprint density at radius 3 is 2.77 bits per heavy atom. The minimum Gasteiger partial charge on any atom is -0.337 e. The smallest absolute Gasteiger partial charge is 0.319 e. The Labute approximate surface area is 131 Å². The van der Waals surface area contributed by atoms with E-state index in [2.05, 4.69) is 16.0 Å². The van der Waals surface area contributed by atoms with Crippen LogP contribution in [-0.4, -0.2) is 49.1 Å². The summed E-state index contributed by atoms with van der Waals surface area (Å²) in [6.07, 6.45) is 0.969. The summed E-state index contributed by atoms with van der Waals surface area (Å²) in [6.45, 7) is 5.56. The Balaban J connectivity index is 2.03. The fraction of sp³-hybridized carbons (Fsp3) is 0.500. The molecule has 3 N–H and O–H groups in total. The van der Waals surface area contributed by atoms with Crippen LogP contribution in [-0.2, 0) is 0 Å². The number of amides is 3. The molecule has 3 amide bonds. The number of anilines is 1. The van der Waals surface area contributed by atoms with Gasteiger partial charge in [-0.25, -0.2) is 4.79 Å². The van der Waals surface area contributed by atoms with Gasteiger partial charge < -0.3 is 20.9 Å². The molecule has 0 spiro atoms. The fourth-order valence-corrected chi connectivity index (χ4v) is 2.50. The second-order valence-corrected chi connectivity index (χ2v) is 5.90. The molecule has 1 aliphatic heterocycles. The predicted octanol–water partition coefficient (Wildman–Crippen LogP) is 1.65. The lowest BCUT2D eigenvalue weighted by Gasteiger charge is -2.24. The zero-order valence-electron chi connectivity index (χ0n) is 13.3. The van der Waals surface area contributed by atoms with Gasteiger partial charge in [-0.05, 0) is 45.0 Å². The lowest BCUT2D eigenvalue weighted by atomic mass is 10.1. The summed E-state index contributed by atoms with van der Waals surface area (Å²) < 4.78 is 0. The lowest BCUT2D eigenvalue weighted by molar-refractivity contribution is 0.0744. The third kappa shape index (κ3) is 4.21. The van der Waals surface area contributed by atoms with Gasteiger partial charge in [-0.15, -0.1) is 0 Å². The first-order valence-electron chi connectivity index (χ1n) is 7.63. The van der Waals surface area contributed by atoms with Crippen molar-refractivity contribution >= 4 is 17.6 Å². The minimum atomic E-state index is -0.270. The molecule has 22 heavy (non-hydrogen) atoms. The number of likely N-dealkylation sites (N-methyl/N-ethyl adjacent to an activating group) is 1. The van der Waals surface area contributed by atoms with E-state index in [9.17, 15) is 9.59 Å². The molecule has 6 nitrogen and oxygen atoms in total. The number of nitrogens with one attached hydrogen (secondary N) is 3. The van der Waals surface area contributed by atoms with Gasteiger partial charge in [0, 0.05) is 36.9 Å². The van der Waals surface area contributed by atoms with Crippen molar-refractivity contribution in [3.63, 3.8) is 0 Å². The van der Waals surface area contributed by atoms with Gasteiger partial charge in [0.1, 0.15) is 0 Å². The zero-order chi connectivity index (χ0) is 16.1. The van der Waals surface area contributed by atoms with Gasteiger partial charge in [0.25, 0.3) is 5.91 Å². The van der Waals surface area contributed by atoms with Gasteiger partial charge in [0.2, 0.25) is 0 Å². The highest BCUT2D eigenvalue weighted by Crippen LogP contribution is 2.15. The first-order chi connectivity index (χ1) is 10.5. The van der Waals surface area contributed by atoms with Crippen molar-refractivity contribution < 1.29 is 9.59 Å². The highest BCUT2D eigenvalue weighted by molar-refractivity contribution is 5.97. The SMILES string of the molecule is CC(C)NC(=O)Nc1cccc(C(=O)N(C)C2CCNC2)c1. The molecular weight excluding hydrogens is 280 g/mol. The van der Waals surface area contributed by atoms with Crippen LogP contribution in [0.3, 0.4) is 0 Å². The van der Waals surface area contributed by atoms with Crippen LogP contribution in [0.1, 0.15) is 30.6 Å². The van der Waals surface area contributed by atoms with Gasteiger partial charge in [0.15, 0.2) is 0 Å². The van der Waals surface area contributed by atoms with E-state index in [1.165, 1.54) is 0 Å². The Hall–Kier alpha value is -2.08. The van der Waals surface area contributed by atoms with Gasteiger partial charge in [-0.3, -0.25) is 4.79 Å². The van der Waals surface area contributed by atoms with Crippen molar-refractivity contribution in [2.24, 2.45) is 0 Å². The standard InChI is InChI=1S/C16H24N4O2/c1-11(2)18-16(22)19-13-6-4-5-12(9-13)15(21)20(3)14-7-8-17-10-14/h4-6,9,11,14,17H,7-8,10H2,1-3H3,(H2,18,19,22). The number of hydrogen-bond acceptors (Lipinski definition) is 3. The van der Waals surface area contributed by atoms with Crippen molar-refractivity contribution in [2.45, 2.75) is 32.4 Å². The quantitative estimate of drug-likeness (QED) is 0.792. The topological polar surface area (TPSA) is 73.5 Å². The van der Waals surface area contributed by atoms with E-state index >= 15 is 0 Å². The fourth-order valence-electron chi connectivity index (χ4n) is 2.50. The molecule has 0 aromatic heterocycles. The van der Waals surface area contributed by atoms with Crippen LogP contribution in [0, 0.1) is 0 Å². The molecule has 1 fully saturated rings. The van der Waals surface area contributed by atoms with Crippen LogP contribution < -0.4 is 16.0 Å². The average molecular weight is 304 g/mol. The van der Waals surface area contributed by atoms with E-state index in [0.29, 0.717) is 11.3 Å². The summed E-state index contributed by atoms with van der Waals surface area (Å²) in [4.78, 5) is 26.0. The van der Waals surface area contributed by atoms with E-state index in [1.54, 1.807) is 29.2 Å². The predicted molar refractivity (Wildman–Crippen MR) is 87.1 cm³/mol. The van der Waals surface area contributed by atoms with E-state index in [-0.39, 0.29) is 24.0 Å². The maximum Gasteiger partial charge on any atom is 0.319 e. The van der Waals surface area contributed by atoms with E-state index in [0.717, 1.165) is 19.5 Å². The highest BCUT2D eigenvalue weighted by atomic mass is 16.2. The molecule has 1 aromatic rings. The largest absolute Gasteiger partial charge is 0.337 e. The summed E-state index contributed by atoms with van der Waals surface area (Å²) in [7, 11) is 1.82. The molecule has 1 aliphatic rings. The highest BCUT2D eigenvalue weighted by Gasteiger charge is 2.24. The van der Waals surface area contributed by atoms with Crippen LogP contribution >= 0.6 is 0 Å². The molecule has 1 saturated heterocycles. The van der Waals surface area contributed by atoms with Crippen LogP contribution in [0.5, 0.6) is 0 Å². The summed E-state index contributed by atoms with van der Waals surface area (Å²) in [6, 6.07) is 7.05. The number of nitrogens with zero attached hydrogens (tertiary/aromatic N) is 1. The molecule has 1 heterocycles. The summed E-state index contributed by atoms with van der Waals surface area (Å²) in [5.74, 6) is -0.0263. The Morgan fingerprint density at radius 1 is 1.36 bits per heavy atom. The van der Waals surface area contributed by atoms with E-state index < -0.39 is 0 Å². The van der Waals surface area contributed by atoms with Crippen molar-refractivity contribution in [1.82, 2.24) is 15.5 Å². The van der Waals surface area contributed by atoms with Crippen molar-refractivity contribution in [3.8, 4) is 0 Å². The second kappa shape index (κ2) is 7.26. The molecule has 1 unspecified atom stereocenters. The summed E-state index contributed by atoms with van der Waals surface area (Å²) in [5.41, 5.74) is 1.19. The second-order valence-electron chi connectivity index (χ2n) is 5.90. The summed E-state index contributed by atoms with van der Waals surface area (Å²) >= 11 is 0. The number of hydrogen-bond donors (Lipinski definition) is 3. The minimum absolute atomic E-state index is 0.0263. The number of benzene rings is 1. The maximum absolute atomic E-state index is 12.5. The molecule has 0 bridgehead atoms. The van der Waals surface area contributed by atoms with Gasteiger partial charge in [-0.2, -0.15) is 0 Å². The average Bonchev–Trinajstić information content (AvgIpc) is 2.99. The number of carbonyl (C=O) groups is 2. The third-order valence-corrected chi connectivity index (χ3v) is 3.69. The molecule has 1 aromatic carbocycles. The van der Waals surface area contributed by atoms with E-state index in [4.69, 9.17) is 0 Å². The van der Waals surface area contributed by atoms with Crippen molar-refractivity contribution in [2.75, 3.05) is 25.5 Å². The Bertz CT molecular complexity index is 539. The monoisotopic (exact) mass is 304 g/mol. The van der Waals surface area contributed by atoms with Crippen LogP contribution in [0.25, 0.3) is 0 Å². The van der Waals surface area contributed by atoms with Crippen molar-refractivity contribution in [3.05, 3.63) is 29.8 Å². The molecule has 0 saturated carbocycles. The molecule has 0 aliphatic carbocycles. The Kier molecular flexibility index (Phi) is 5.38. The van der Waals surface area contributed by atoms with Gasteiger partial charge >= 0.3 is 6.03 Å². The van der Waals surface area contributed by atoms with E-state index in [1.807, 2.05) is 20.9 Å². The molecule has 2 rings (SSSR count). The number of rotatable bonds is 4. The first kappa shape index (κ1) is 16.3. The molecule has 0 radical (unpaired) electrons. The van der Waals surface area contributed by atoms with Gasteiger partial charge in [-0.1, -0.05) is 6.07 Å².